The number of allylic oxidation sites excluding steroid dienone is 1. The Morgan fingerprint density at radius 1 is 1.10 bits per heavy atom. The number of esters is 1. The molecular formula is C31H35N5O4S. The number of nitrogens with zero attached hydrogens (tertiary/aromatic N) is 2. The largest absolute Gasteiger partial charge is 0.483 e. The SMILES string of the molecule is CCOC(=O)C1=C(C)NC(=S)N[C@H]1c1ccccc1OCC(=O)NN=Cc1cc(C)n(-c2ccc(CC)cc2)c1C. The first-order valence-electron chi connectivity index (χ1n) is 13.5. The Bertz CT molecular complexity index is 1510. The minimum atomic E-state index is -0.603. The van der Waals surface area contributed by atoms with Crippen LogP contribution in [0.2, 0.25) is 0 Å². The Morgan fingerprint density at radius 2 is 1.83 bits per heavy atom. The van der Waals surface area contributed by atoms with E-state index in [2.05, 4.69) is 56.9 Å². The summed E-state index contributed by atoms with van der Waals surface area (Å²) >= 11 is 5.33. The zero-order valence-corrected chi connectivity index (χ0v) is 24.7. The normalized spacial score (nSPS) is 15.0. The summed E-state index contributed by atoms with van der Waals surface area (Å²) in [5.74, 6) is -0.455. The molecule has 0 fully saturated rings. The maximum atomic E-state index is 12.7. The van der Waals surface area contributed by atoms with Crippen molar-refractivity contribution in [3.8, 4) is 11.4 Å². The Hall–Kier alpha value is -4.44. The topological polar surface area (TPSA) is 106 Å². The van der Waals surface area contributed by atoms with Crippen molar-refractivity contribution in [2.24, 2.45) is 5.10 Å². The van der Waals surface area contributed by atoms with E-state index < -0.39 is 17.9 Å². The average Bonchev–Trinajstić information content (AvgIpc) is 3.24. The summed E-state index contributed by atoms with van der Waals surface area (Å²) in [5.41, 5.74) is 9.51. The third-order valence-corrected chi connectivity index (χ3v) is 7.04. The predicted octanol–water partition coefficient (Wildman–Crippen LogP) is 4.54. The van der Waals surface area contributed by atoms with Crippen molar-refractivity contribution in [1.29, 1.82) is 0 Å². The number of hydrazone groups is 1. The molecule has 3 aromatic rings. The third kappa shape index (κ3) is 6.83. The highest BCUT2D eigenvalue weighted by Gasteiger charge is 2.32. The van der Waals surface area contributed by atoms with Gasteiger partial charge in [0.15, 0.2) is 11.7 Å². The summed E-state index contributed by atoms with van der Waals surface area (Å²) in [6, 6.07) is 17.1. The van der Waals surface area contributed by atoms with Crippen LogP contribution < -0.4 is 20.8 Å². The third-order valence-electron chi connectivity index (χ3n) is 6.82. The van der Waals surface area contributed by atoms with Crippen LogP contribution in [0.25, 0.3) is 5.69 Å². The number of rotatable bonds is 10. The number of benzene rings is 2. The van der Waals surface area contributed by atoms with Crippen molar-refractivity contribution in [3.05, 3.63) is 93.9 Å². The summed E-state index contributed by atoms with van der Waals surface area (Å²) in [4.78, 5) is 25.3. The van der Waals surface area contributed by atoms with Crippen LogP contribution in [0.5, 0.6) is 5.75 Å². The molecule has 0 bridgehead atoms. The Kier molecular flexibility index (Phi) is 9.57. The number of ether oxygens (including phenoxy) is 2. The number of nitrogens with one attached hydrogen (secondary N) is 3. The number of thiocarbonyl (C=S) groups is 1. The molecule has 0 saturated carbocycles. The van der Waals surface area contributed by atoms with Crippen molar-refractivity contribution in [2.75, 3.05) is 13.2 Å². The Balaban J connectivity index is 1.43. The maximum absolute atomic E-state index is 12.7. The van der Waals surface area contributed by atoms with E-state index in [1.807, 2.05) is 32.0 Å². The first kappa shape index (κ1) is 29.5. The molecule has 0 radical (unpaired) electrons. The van der Waals surface area contributed by atoms with Gasteiger partial charge in [-0.05, 0) is 76.2 Å². The molecule has 4 rings (SSSR count). The van der Waals surface area contributed by atoms with Gasteiger partial charge in [-0.3, -0.25) is 4.79 Å². The van der Waals surface area contributed by atoms with Crippen LogP contribution in [-0.4, -0.2) is 41.0 Å². The van der Waals surface area contributed by atoms with E-state index >= 15 is 0 Å². The van der Waals surface area contributed by atoms with Gasteiger partial charge in [-0.15, -0.1) is 0 Å². The van der Waals surface area contributed by atoms with Gasteiger partial charge in [0, 0.05) is 33.9 Å². The lowest BCUT2D eigenvalue weighted by molar-refractivity contribution is -0.139. The standard InChI is InChI=1S/C31H35N5O4S/c1-6-22-12-14-24(15-13-22)36-19(3)16-23(21(36)5)17-32-35-27(37)18-40-26-11-9-8-10-25(26)29-28(30(38)39-7-2)20(4)33-31(41)34-29/h8-17,29H,6-7,18H2,1-5H3,(H,35,37)(H2,33,34,41)/t29-/m0/s1. The van der Waals surface area contributed by atoms with Gasteiger partial charge in [-0.1, -0.05) is 37.3 Å². The minimum absolute atomic E-state index is 0.238. The van der Waals surface area contributed by atoms with Crippen LogP contribution in [0.1, 0.15) is 54.9 Å². The molecular weight excluding hydrogens is 538 g/mol. The molecule has 9 nitrogen and oxygen atoms in total. The predicted molar refractivity (Wildman–Crippen MR) is 163 cm³/mol. The van der Waals surface area contributed by atoms with Gasteiger partial charge in [0.1, 0.15) is 5.75 Å². The van der Waals surface area contributed by atoms with E-state index in [9.17, 15) is 9.59 Å². The number of carbonyl (C=O) groups excluding carboxylic acids is 2. The number of aryl methyl sites for hydroxylation is 2. The van der Waals surface area contributed by atoms with Crippen molar-refractivity contribution < 1.29 is 19.1 Å². The Morgan fingerprint density at radius 3 is 2.54 bits per heavy atom. The number of hydrogen-bond acceptors (Lipinski definition) is 6. The van der Waals surface area contributed by atoms with Crippen molar-refractivity contribution in [1.82, 2.24) is 20.6 Å². The molecule has 1 aliphatic rings. The number of carbonyl (C=O) groups is 2. The first-order chi connectivity index (χ1) is 19.7. The molecule has 0 spiro atoms. The fourth-order valence-electron chi connectivity index (χ4n) is 4.80. The van der Waals surface area contributed by atoms with Gasteiger partial charge in [-0.2, -0.15) is 5.10 Å². The van der Waals surface area contributed by atoms with E-state index in [0.29, 0.717) is 27.7 Å². The van der Waals surface area contributed by atoms with E-state index in [4.69, 9.17) is 21.7 Å². The van der Waals surface area contributed by atoms with Crippen LogP contribution in [0.4, 0.5) is 0 Å². The molecule has 2 heterocycles. The van der Waals surface area contributed by atoms with Crippen LogP contribution >= 0.6 is 12.2 Å². The highest BCUT2D eigenvalue weighted by atomic mass is 32.1. The fourth-order valence-corrected chi connectivity index (χ4v) is 5.07. The summed E-state index contributed by atoms with van der Waals surface area (Å²) in [7, 11) is 0. The van der Waals surface area contributed by atoms with Crippen LogP contribution in [0.3, 0.4) is 0 Å². The molecule has 10 heteroatoms. The molecule has 1 amide bonds. The van der Waals surface area contributed by atoms with Crippen molar-refractivity contribution >= 4 is 35.4 Å². The highest BCUT2D eigenvalue weighted by molar-refractivity contribution is 7.80. The Labute approximate surface area is 245 Å². The van der Waals surface area contributed by atoms with Crippen molar-refractivity contribution in [2.45, 2.75) is 47.1 Å². The van der Waals surface area contributed by atoms with Gasteiger partial charge < -0.3 is 24.7 Å². The van der Waals surface area contributed by atoms with Crippen LogP contribution in [0.15, 0.2) is 71.0 Å². The molecule has 3 N–H and O–H groups in total. The van der Waals surface area contributed by atoms with E-state index in [1.165, 1.54) is 5.56 Å². The maximum Gasteiger partial charge on any atom is 0.338 e. The van der Waals surface area contributed by atoms with E-state index in [0.717, 1.165) is 29.1 Å². The second kappa shape index (κ2) is 13.3. The zero-order valence-electron chi connectivity index (χ0n) is 23.9. The second-order valence-corrected chi connectivity index (χ2v) is 10.0. The van der Waals surface area contributed by atoms with E-state index in [-0.39, 0.29) is 13.2 Å². The van der Waals surface area contributed by atoms with Crippen LogP contribution in [-0.2, 0) is 20.7 Å². The van der Waals surface area contributed by atoms with Gasteiger partial charge in [0.05, 0.1) is 24.4 Å². The lowest BCUT2D eigenvalue weighted by atomic mass is 9.95. The quantitative estimate of drug-likeness (QED) is 0.142. The smallest absolute Gasteiger partial charge is 0.338 e. The number of amides is 1. The summed E-state index contributed by atoms with van der Waals surface area (Å²) in [5, 5.41) is 10.6. The lowest BCUT2D eigenvalue weighted by Gasteiger charge is -2.30. The van der Waals surface area contributed by atoms with Gasteiger partial charge >= 0.3 is 5.97 Å². The lowest BCUT2D eigenvalue weighted by Crippen LogP contribution is -2.45. The molecule has 1 atom stereocenters. The molecule has 0 unspecified atom stereocenters. The molecule has 41 heavy (non-hydrogen) atoms. The average molecular weight is 574 g/mol. The molecule has 1 aliphatic heterocycles. The molecule has 0 saturated heterocycles. The van der Waals surface area contributed by atoms with Crippen LogP contribution in [0, 0.1) is 13.8 Å². The molecule has 2 aromatic carbocycles. The summed E-state index contributed by atoms with van der Waals surface area (Å²) in [6.45, 7) is 9.67. The minimum Gasteiger partial charge on any atom is -0.483 e. The number of aromatic nitrogens is 1. The monoisotopic (exact) mass is 573 g/mol. The summed E-state index contributed by atoms with van der Waals surface area (Å²) < 4.78 is 13.3. The van der Waals surface area contributed by atoms with Gasteiger partial charge in [0.25, 0.3) is 5.91 Å². The number of para-hydroxylation sites is 1. The molecule has 1 aromatic heterocycles. The fraction of sp³-hybridized carbons (Fsp3) is 0.290. The first-order valence-corrected chi connectivity index (χ1v) is 13.9. The van der Waals surface area contributed by atoms with Gasteiger partial charge in [0.2, 0.25) is 0 Å². The zero-order chi connectivity index (χ0) is 29.5. The van der Waals surface area contributed by atoms with Crippen molar-refractivity contribution in [3.63, 3.8) is 0 Å². The second-order valence-electron chi connectivity index (χ2n) is 9.59. The molecule has 0 aliphatic carbocycles. The highest BCUT2D eigenvalue weighted by Crippen LogP contribution is 2.33. The van der Waals surface area contributed by atoms with E-state index in [1.54, 1.807) is 32.2 Å². The van der Waals surface area contributed by atoms with Gasteiger partial charge in [-0.25, -0.2) is 10.2 Å². The molecule has 214 valence electrons. The summed E-state index contributed by atoms with van der Waals surface area (Å²) in [6.07, 6.45) is 2.62. The number of hydrogen-bond donors (Lipinski definition) is 3.